The molecule has 108 valence electrons. The lowest BCUT2D eigenvalue weighted by Crippen LogP contribution is -2.33. The lowest BCUT2D eigenvalue weighted by Gasteiger charge is -2.14. The van der Waals surface area contributed by atoms with Gasteiger partial charge in [0, 0.05) is 19.2 Å². The van der Waals surface area contributed by atoms with E-state index in [1.165, 1.54) is 26.1 Å². The number of alkyl carbamates (subject to hydrolysis) is 1. The van der Waals surface area contributed by atoms with Gasteiger partial charge in [-0.1, -0.05) is 0 Å². The number of nitro groups is 1. The molecular weight excluding hydrogens is 268 g/mol. The molecule has 0 saturated heterocycles. The van der Waals surface area contributed by atoms with Gasteiger partial charge < -0.3 is 21.1 Å². The van der Waals surface area contributed by atoms with Crippen molar-refractivity contribution in [1.29, 1.82) is 0 Å². The van der Waals surface area contributed by atoms with Gasteiger partial charge in [0.05, 0.1) is 16.3 Å². The quantitative estimate of drug-likeness (QED) is 0.425. The molecule has 2 amide bonds. The van der Waals surface area contributed by atoms with E-state index >= 15 is 0 Å². The Morgan fingerprint density at radius 2 is 2.10 bits per heavy atom. The second-order valence-corrected chi connectivity index (χ2v) is 3.82. The van der Waals surface area contributed by atoms with Gasteiger partial charge in [0.15, 0.2) is 6.10 Å². The molecular formula is C11H14N4O5. The highest BCUT2D eigenvalue weighted by Crippen LogP contribution is 2.24. The first-order valence-corrected chi connectivity index (χ1v) is 5.58. The maximum atomic E-state index is 11.8. The van der Waals surface area contributed by atoms with Crippen molar-refractivity contribution >= 4 is 29.1 Å². The summed E-state index contributed by atoms with van der Waals surface area (Å²) < 4.78 is 4.71. The van der Waals surface area contributed by atoms with Gasteiger partial charge in [-0.25, -0.2) is 4.79 Å². The van der Waals surface area contributed by atoms with Crippen molar-refractivity contribution in [2.45, 2.75) is 13.0 Å². The summed E-state index contributed by atoms with van der Waals surface area (Å²) in [6.07, 6.45) is -1.84. The number of nitrogens with two attached hydrogens (primary N) is 1. The molecule has 0 aliphatic carbocycles. The number of ether oxygens (including phenoxy) is 1. The summed E-state index contributed by atoms with van der Waals surface area (Å²) in [5.74, 6) is -0.652. The number of hydrogen-bond acceptors (Lipinski definition) is 6. The largest absolute Gasteiger partial charge is 0.436 e. The van der Waals surface area contributed by atoms with Crippen LogP contribution in [-0.4, -0.2) is 30.1 Å². The summed E-state index contributed by atoms with van der Waals surface area (Å²) in [7, 11) is 1.35. The van der Waals surface area contributed by atoms with Crippen molar-refractivity contribution < 1.29 is 19.2 Å². The smallest absolute Gasteiger partial charge is 0.407 e. The number of carbonyl (C=O) groups excluding carboxylic acids is 2. The fourth-order valence-corrected chi connectivity index (χ4v) is 1.27. The minimum Gasteiger partial charge on any atom is -0.436 e. The Morgan fingerprint density at radius 1 is 1.45 bits per heavy atom. The minimum absolute atomic E-state index is 0.0801. The number of anilines is 2. The topological polar surface area (TPSA) is 137 Å². The van der Waals surface area contributed by atoms with Crippen LogP contribution in [0.3, 0.4) is 0 Å². The molecule has 0 radical (unpaired) electrons. The third kappa shape index (κ3) is 3.83. The van der Waals surface area contributed by atoms with E-state index in [9.17, 15) is 19.7 Å². The van der Waals surface area contributed by atoms with Gasteiger partial charge in [0.2, 0.25) is 0 Å². The first-order valence-electron chi connectivity index (χ1n) is 5.58. The highest BCUT2D eigenvalue weighted by Gasteiger charge is 2.19. The van der Waals surface area contributed by atoms with Crippen LogP contribution in [0.4, 0.5) is 21.9 Å². The van der Waals surface area contributed by atoms with Crippen LogP contribution in [0.2, 0.25) is 0 Å². The number of nitrogen functional groups attached to an aromatic ring is 1. The molecule has 0 aliphatic rings. The molecule has 1 aromatic carbocycles. The van der Waals surface area contributed by atoms with Gasteiger partial charge >= 0.3 is 6.09 Å². The molecule has 0 aromatic heterocycles. The molecule has 1 rings (SSSR count). The van der Waals surface area contributed by atoms with Crippen LogP contribution in [0.25, 0.3) is 0 Å². The van der Waals surface area contributed by atoms with Crippen LogP contribution in [0, 0.1) is 10.1 Å². The van der Waals surface area contributed by atoms with Crippen LogP contribution in [0.1, 0.15) is 6.92 Å². The van der Waals surface area contributed by atoms with Crippen LogP contribution in [0.5, 0.6) is 0 Å². The zero-order valence-corrected chi connectivity index (χ0v) is 10.9. The standard InChI is InChI=1S/C11H14N4O5/c1-6(20-11(17)13-2)10(16)14-9-5-7(15(18)19)3-4-8(9)12/h3-6H,12H2,1-2H3,(H,13,17)(H,14,16). The average molecular weight is 282 g/mol. The minimum atomic E-state index is -1.08. The van der Waals surface area contributed by atoms with Crippen molar-refractivity contribution in [2.24, 2.45) is 0 Å². The number of rotatable bonds is 4. The normalized spacial score (nSPS) is 11.3. The maximum Gasteiger partial charge on any atom is 0.407 e. The average Bonchev–Trinajstić information content (AvgIpc) is 2.40. The zero-order valence-electron chi connectivity index (χ0n) is 10.9. The first-order chi connectivity index (χ1) is 9.35. The van der Waals surface area contributed by atoms with Crippen LogP contribution in [-0.2, 0) is 9.53 Å². The number of amides is 2. The van der Waals surface area contributed by atoms with Crippen molar-refractivity contribution in [3.63, 3.8) is 0 Å². The van der Waals surface area contributed by atoms with E-state index in [1.807, 2.05) is 0 Å². The van der Waals surface area contributed by atoms with Gasteiger partial charge in [-0.15, -0.1) is 0 Å². The molecule has 0 fully saturated rings. The second-order valence-electron chi connectivity index (χ2n) is 3.82. The molecule has 1 unspecified atom stereocenters. The van der Waals surface area contributed by atoms with E-state index in [0.29, 0.717) is 0 Å². The molecule has 0 heterocycles. The summed E-state index contributed by atoms with van der Waals surface area (Å²) >= 11 is 0. The Hall–Kier alpha value is -2.84. The Kier molecular flexibility index (Phi) is 4.84. The number of nitro benzene ring substituents is 1. The Bertz CT molecular complexity index is 546. The van der Waals surface area contributed by atoms with Crippen molar-refractivity contribution in [2.75, 3.05) is 18.1 Å². The molecule has 9 heteroatoms. The number of nitrogens with zero attached hydrogens (tertiary/aromatic N) is 1. The fraction of sp³-hybridized carbons (Fsp3) is 0.273. The lowest BCUT2D eigenvalue weighted by atomic mass is 10.2. The molecule has 4 N–H and O–H groups in total. The van der Waals surface area contributed by atoms with Gasteiger partial charge in [0.25, 0.3) is 11.6 Å². The number of non-ortho nitro benzene ring substituents is 1. The van der Waals surface area contributed by atoms with E-state index in [2.05, 4.69) is 10.6 Å². The van der Waals surface area contributed by atoms with E-state index < -0.39 is 23.0 Å². The number of benzene rings is 1. The summed E-state index contributed by atoms with van der Waals surface area (Å²) in [5.41, 5.74) is 5.64. The molecule has 9 nitrogen and oxygen atoms in total. The second kappa shape index (κ2) is 6.36. The summed E-state index contributed by atoms with van der Waals surface area (Å²) in [4.78, 5) is 32.7. The molecule has 0 aliphatic heterocycles. The third-order valence-corrected chi connectivity index (χ3v) is 2.36. The van der Waals surface area contributed by atoms with E-state index in [1.54, 1.807) is 0 Å². The van der Waals surface area contributed by atoms with Gasteiger partial charge in [-0.2, -0.15) is 0 Å². The van der Waals surface area contributed by atoms with Crippen LogP contribution in [0.15, 0.2) is 18.2 Å². The predicted molar refractivity (Wildman–Crippen MR) is 71.1 cm³/mol. The maximum absolute atomic E-state index is 11.8. The number of nitrogens with one attached hydrogen (secondary N) is 2. The van der Waals surface area contributed by atoms with Crippen molar-refractivity contribution in [3.05, 3.63) is 28.3 Å². The Labute approximate surface area is 114 Å². The monoisotopic (exact) mass is 282 g/mol. The zero-order chi connectivity index (χ0) is 15.3. The first kappa shape index (κ1) is 15.2. The van der Waals surface area contributed by atoms with E-state index in [0.717, 1.165) is 6.07 Å². The van der Waals surface area contributed by atoms with Crippen molar-refractivity contribution in [3.8, 4) is 0 Å². The van der Waals surface area contributed by atoms with Gasteiger partial charge in [-0.3, -0.25) is 14.9 Å². The Morgan fingerprint density at radius 3 is 2.65 bits per heavy atom. The van der Waals surface area contributed by atoms with Crippen LogP contribution >= 0.6 is 0 Å². The Balaban J connectivity index is 2.82. The third-order valence-electron chi connectivity index (χ3n) is 2.36. The molecule has 20 heavy (non-hydrogen) atoms. The molecule has 1 aromatic rings. The molecule has 0 saturated carbocycles. The molecule has 1 atom stereocenters. The number of hydrogen-bond donors (Lipinski definition) is 3. The SMILES string of the molecule is CNC(=O)OC(C)C(=O)Nc1cc([N+](=O)[O-])ccc1N. The highest BCUT2D eigenvalue weighted by molar-refractivity contribution is 5.97. The lowest BCUT2D eigenvalue weighted by molar-refractivity contribution is -0.384. The molecule has 0 spiro atoms. The predicted octanol–water partition coefficient (Wildman–Crippen LogP) is 0.860. The van der Waals surface area contributed by atoms with E-state index in [4.69, 9.17) is 10.5 Å². The summed E-state index contributed by atoms with van der Waals surface area (Å²) in [6, 6.07) is 3.65. The van der Waals surface area contributed by atoms with Gasteiger partial charge in [0.1, 0.15) is 0 Å². The highest BCUT2D eigenvalue weighted by atomic mass is 16.6. The van der Waals surface area contributed by atoms with Crippen molar-refractivity contribution in [1.82, 2.24) is 5.32 Å². The fourth-order valence-electron chi connectivity index (χ4n) is 1.27. The number of carbonyl (C=O) groups is 2. The summed E-state index contributed by atoms with van der Waals surface area (Å²) in [5, 5.41) is 15.2. The summed E-state index contributed by atoms with van der Waals surface area (Å²) in [6.45, 7) is 1.36. The van der Waals surface area contributed by atoms with Gasteiger partial charge in [-0.05, 0) is 13.0 Å². The molecule has 0 bridgehead atoms. The van der Waals surface area contributed by atoms with Crippen LogP contribution < -0.4 is 16.4 Å². The van der Waals surface area contributed by atoms with E-state index in [-0.39, 0.29) is 17.1 Å².